The number of thioether (sulfide) groups is 1. The van der Waals surface area contributed by atoms with Gasteiger partial charge in [-0.3, -0.25) is 4.79 Å². The molecule has 1 aliphatic rings. The Bertz CT molecular complexity index is 388. The summed E-state index contributed by atoms with van der Waals surface area (Å²) in [6, 6.07) is 0. The molecule has 0 aliphatic heterocycles. The van der Waals surface area contributed by atoms with Gasteiger partial charge in [0.2, 0.25) is 11.8 Å². The van der Waals surface area contributed by atoms with E-state index in [0.29, 0.717) is 17.0 Å². The number of primary amides is 1. The van der Waals surface area contributed by atoms with Gasteiger partial charge in [0.05, 0.1) is 5.25 Å². The summed E-state index contributed by atoms with van der Waals surface area (Å²) in [6.45, 7) is 1.73. The third-order valence-electron chi connectivity index (χ3n) is 3.05. The fraction of sp³-hybridized carbons (Fsp3) is 0.727. The van der Waals surface area contributed by atoms with Gasteiger partial charge in [-0.15, -0.1) is 10.2 Å². The van der Waals surface area contributed by atoms with E-state index in [1.54, 1.807) is 6.92 Å². The first-order valence-electron chi connectivity index (χ1n) is 5.96. The second-order valence-electron chi connectivity index (χ2n) is 4.40. The topological polar surface area (TPSA) is 82.0 Å². The Morgan fingerprint density at radius 1 is 1.41 bits per heavy atom. The fourth-order valence-electron chi connectivity index (χ4n) is 1.99. The predicted molar refractivity (Wildman–Crippen MR) is 64.6 cm³/mol. The molecule has 0 bridgehead atoms. The van der Waals surface area contributed by atoms with Crippen LogP contribution in [0.2, 0.25) is 0 Å². The summed E-state index contributed by atoms with van der Waals surface area (Å²) >= 11 is 1.22. The van der Waals surface area contributed by atoms with Gasteiger partial charge in [0.15, 0.2) is 0 Å². The van der Waals surface area contributed by atoms with Crippen molar-refractivity contribution in [2.24, 2.45) is 5.73 Å². The van der Waals surface area contributed by atoms with Gasteiger partial charge < -0.3 is 10.2 Å². The minimum absolute atomic E-state index is 0.338. The molecule has 0 spiro atoms. The molecule has 1 unspecified atom stereocenters. The lowest BCUT2D eigenvalue weighted by molar-refractivity contribution is -0.117. The average molecular weight is 255 g/mol. The van der Waals surface area contributed by atoms with Crippen molar-refractivity contribution in [3.63, 3.8) is 0 Å². The highest BCUT2D eigenvalue weighted by molar-refractivity contribution is 8.00. The maximum absolute atomic E-state index is 10.9. The summed E-state index contributed by atoms with van der Waals surface area (Å²) in [7, 11) is 0. The van der Waals surface area contributed by atoms with Crippen LogP contribution in [0.1, 0.15) is 50.8 Å². The lowest BCUT2D eigenvalue weighted by Gasteiger charge is -2.17. The van der Waals surface area contributed by atoms with Crippen LogP contribution in [0, 0.1) is 0 Å². The van der Waals surface area contributed by atoms with E-state index in [1.807, 2.05) is 0 Å². The molecule has 1 fully saturated rings. The summed E-state index contributed by atoms with van der Waals surface area (Å²) in [5.74, 6) is 0.741. The molecule has 1 aliphatic carbocycles. The maximum Gasteiger partial charge on any atom is 0.277 e. The molecule has 2 rings (SSSR count). The van der Waals surface area contributed by atoms with Gasteiger partial charge in [-0.1, -0.05) is 31.0 Å². The summed E-state index contributed by atoms with van der Waals surface area (Å²) in [5.41, 5.74) is 5.18. The van der Waals surface area contributed by atoms with E-state index < -0.39 is 0 Å². The number of carbonyl (C=O) groups excluding carboxylic acids is 1. The summed E-state index contributed by atoms with van der Waals surface area (Å²) in [4.78, 5) is 10.9. The lowest BCUT2D eigenvalue weighted by Crippen LogP contribution is -2.22. The van der Waals surface area contributed by atoms with Crippen LogP contribution >= 0.6 is 11.8 Å². The highest BCUT2D eigenvalue weighted by atomic mass is 32.2. The number of carbonyl (C=O) groups is 1. The SMILES string of the molecule is CC(Sc1nnc(C2CCCCC2)o1)C(N)=O. The van der Waals surface area contributed by atoms with Gasteiger partial charge >= 0.3 is 0 Å². The van der Waals surface area contributed by atoms with Crippen LogP contribution in [-0.4, -0.2) is 21.4 Å². The number of nitrogens with two attached hydrogens (primary N) is 1. The quantitative estimate of drug-likeness (QED) is 0.833. The Morgan fingerprint density at radius 3 is 2.76 bits per heavy atom. The third-order valence-corrected chi connectivity index (χ3v) is 4.01. The van der Waals surface area contributed by atoms with Crippen LogP contribution in [0.15, 0.2) is 9.64 Å². The zero-order chi connectivity index (χ0) is 12.3. The first-order chi connectivity index (χ1) is 8.16. The van der Waals surface area contributed by atoms with Gasteiger partial charge in [0, 0.05) is 5.92 Å². The van der Waals surface area contributed by atoms with E-state index in [1.165, 1.54) is 31.0 Å². The van der Waals surface area contributed by atoms with Gasteiger partial charge in [0.25, 0.3) is 5.22 Å². The molecule has 0 radical (unpaired) electrons. The minimum atomic E-state index is -0.368. The van der Waals surface area contributed by atoms with Gasteiger partial charge in [-0.05, 0) is 19.8 Å². The van der Waals surface area contributed by atoms with Crippen molar-refractivity contribution < 1.29 is 9.21 Å². The molecule has 0 saturated heterocycles. The van der Waals surface area contributed by atoms with Crippen LogP contribution in [0.25, 0.3) is 0 Å². The number of hydrogen-bond acceptors (Lipinski definition) is 5. The molecule has 1 aromatic heterocycles. The van der Waals surface area contributed by atoms with E-state index in [-0.39, 0.29) is 11.2 Å². The molecule has 1 atom stereocenters. The van der Waals surface area contributed by atoms with Gasteiger partial charge in [-0.25, -0.2) is 0 Å². The third kappa shape index (κ3) is 3.21. The van der Waals surface area contributed by atoms with Gasteiger partial charge in [0.1, 0.15) is 0 Å². The van der Waals surface area contributed by atoms with E-state index in [0.717, 1.165) is 12.8 Å². The zero-order valence-corrected chi connectivity index (χ0v) is 10.7. The molecular formula is C11H17N3O2S. The minimum Gasteiger partial charge on any atom is -0.416 e. The van der Waals surface area contributed by atoms with Crippen LogP contribution in [0.4, 0.5) is 0 Å². The van der Waals surface area contributed by atoms with Gasteiger partial charge in [-0.2, -0.15) is 0 Å². The average Bonchev–Trinajstić information content (AvgIpc) is 2.78. The monoisotopic (exact) mass is 255 g/mol. The molecule has 0 aromatic carbocycles. The van der Waals surface area contributed by atoms with Crippen molar-refractivity contribution >= 4 is 17.7 Å². The second-order valence-corrected chi connectivity index (χ2v) is 5.70. The number of nitrogens with zero attached hydrogens (tertiary/aromatic N) is 2. The number of aromatic nitrogens is 2. The molecule has 1 heterocycles. The van der Waals surface area contributed by atoms with Crippen molar-refractivity contribution in [2.45, 2.75) is 55.4 Å². The Labute approximate surface area is 105 Å². The molecule has 6 heteroatoms. The molecule has 1 aromatic rings. The van der Waals surface area contributed by atoms with E-state index in [4.69, 9.17) is 10.2 Å². The fourth-order valence-corrected chi connectivity index (χ4v) is 2.63. The second kappa shape index (κ2) is 5.53. The summed E-state index contributed by atoms with van der Waals surface area (Å²) < 4.78 is 5.58. The van der Waals surface area contributed by atoms with E-state index in [9.17, 15) is 4.79 Å². The lowest BCUT2D eigenvalue weighted by atomic mass is 9.89. The Hall–Kier alpha value is -1.04. The van der Waals surface area contributed by atoms with Crippen molar-refractivity contribution in [2.75, 3.05) is 0 Å². The van der Waals surface area contributed by atoms with Crippen molar-refractivity contribution in [1.29, 1.82) is 0 Å². The summed E-state index contributed by atoms with van der Waals surface area (Å²) in [5, 5.41) is 8.12. The van der Waals surface area contributed by atoms with Crippen molar-refractivity contribution in [1.82, 2.24) is 10.2 Å². The highest BCUT2D eigenvalue weighted by Crippen LogP contribution is 2.33. The predicted octanol–water partition coefficient (Wildman–Crippen LogP) is 2.08. The first kappa shape index (κ1) is 12.4. The summed E-state index contributed by atoms with van der Waals surface area (Å²) in [6.07, 6.45) is 6.00. The van der Waals surface area contributed by atoms with Crippen LogP contribution in [0.5, 0.6) is 0 Å². The maximum atomic E-state index is 10.9. The van der Waals surface area contributed by atoms with Crippen molar-refractivity contribution in [3.05, 3.63) is 5.89 Å². The molecule has 17 heavy (non-hydrogen) atoms. The molecular weight excluding hydrogens is 238 g/mol. The number of amides is 1. The van der Waals surface area contributed by atoms with E-state index in [2.05, 4.69) is 10.2 Å². The Morgan fingerprint density at radius 2 is 2.12 bits per heavy atom. The molecule has 2 N–H and O–H groups in total. The molecule has 1 saturated carbocycles. The van der Waals surface area contributed by atoms with E-state index >= 15 is 0 Å². The van der Waals surface area contributed by atoms with Crippen LogP contribution < -0.4 is 5.73 Å². The normalized spacial score (nSPS) is 19.1. The zero-order valence-electron chi connectivity index (χ0n) is 9.89. The van der Waals surface area contributed by atoms with Crippen molar-refractivity contribution in [3.8, 4) is 0 Å². The number of hydrogen-bond donors (Lipinski definition) is 1. The Balaban J connectivity index is 1.97. The molecule has 1 amide bonds. The standard InChI is InChI=1S/C11H17N3O2S/c1-7(9(12)15)17-11-14-13-10(16-11)8-5-3-2-4-6-8/h7-8H,2-6H2,1H3,(H2,12,15). The van der Waals surface area contributed by atoms with Crippen LogP contribution in [0.3, 0.4) is 0 Å². The smallest absolute Gasteiger partial charge is 0.277 e. The molecule has 5 nitrogen and oxygen atoms in total. The van der Waals surface area contributed by atoms with Crippen LogP contribution in [-0.2, 0) is 4.79 Å². The Kier molecular flexibility index (Phi) is 4.04. The highest BCUT2D eigenvalue weighted by Gasteiger charge is 2.22. The largest absolute Gasteiger partial charge is 0.416 e. The molecule has 94 valence electrons. The number of rotatable bonds is 4. The first-order valence-corrected chi connectivity index (χ1v) is 6.84.